The van der Waals surface area contributed by atoms with E-state index in [2.05, 4.69) is 39.7 Å². The highest BCUT2D eigenvalue weighted by Gasteiger charge is 2.23. The molecule has 0 spiro atoms. The summed E-state index contributed by atoms with van der Waals surface area (Å²) in [6, 6.07) is 0.618. The molecule has 3 N–H and O–H groups in total. The Kier molecular flexibility index (Phi) is 9.71. The number of nitrogens with zero attached hydrogens (tertiary/aromatic N) is 2. The third-order valence-electron chi connectivity index (χ3n) is 4.08. The first-order valence-electron chi connectivity index (χ1n) is 8.99. The molecule has 1 heterocycles. The SMILES string of the molecule is CN=C(NCCC(=O)NC(C)C)NCC(C(C)C)N1CCOCC1. The molecule has 0 aromatic carbocycles. The molecule has 0 saturated carbocycles. The summed E-state index contributed by atoms with van der Waals surface area (Å²) in [5.74, 6) is 1.35. The molecule has 0 radical (unpaired) electrons. The molecule has 1 saturated heterocycles. The van der Waals surface area contributed by atoms with E-state index < -0.39 is 0 Å². The van der Waals surface area contributed by atoms with Crippen molar-refractivity contribution in [1.82, 2.24) is 20.9 Å². The van der Waals surface area contributed by atoms with Crippen LogP contribution in [-0.2, 0) is 9.53 Å². The van der Waals surface area contributed by atoms with Crippen LogP contribution in [0.3, 0.4) is 0 Å². The maximum atomic E-state index is 11.7. The van der Waals surface area contributed by atoms with Gasteiger partial charge in [-0.3, -0.25) is 14.7 Å². The van der Waals surface area contributed by atoms with Crippen molar-refractivity contribution in [2.24, 2.45) is 10.9 Å². The molecule has 7 heteroatoms. The third-order valence-corrected chi connectivity index (χ3v) is 4.08. The summed E-state index contributed by atoms with van der Waals surface area (Å²) in [4.78, 5) is 18.4. The average Bonchev–Trinajstić information content (AvgIpc) is 2.53. The maximum Gasteiger partial charge on any atom is 0.221 e. The Morgan fingerprint density at radius 3 is 2.38 bits per heavy atom. The highest BCUT2D eigenvalue weighted by atomic mass is 16.5. The predicted octanol–water partition coefficient (Wildman–Crippen LogP) is 0.423. The fourth-order valence-electron chi connectivity index (χ4n) is 2.81. The second-order valence-electron chi connectivity index (χ2n) is 6.81. The molecule has 0 aromatic rings. The van der Waals surface area contributed by atoms with Crippen LogP contribution in [0.4, 0.5) is 0 Å². The van der Waals surface area contributed by atoms with E-state index in [1.54, 1.807) is 7.05 Å². The zero-order valence-electron chi connectivity index (χ0n) is 15.9. The van der Waals surface area contributed by atoms with Crippen molar-refractivity contribution in [2.75, 3.05) is 46.4 Å². The number of nitrogens with one attached hydrogen (secondary N) is 3. The second-order valence-corrected chi connectivity index (χ2v) is 6.81. The van der Waals surface area contributed by atoms with Crippen LogP contribution >= 0.6 is 0 Å². The summed E-state index contributed by atoms with van der Waals surface area (Å²) in [5, 5.41) is 9.48. The van der Waals surface area contributed by atoms with Gasteiger partial charge < -0.3 is 20.7 Å². The maximum absolute atomic E-state index is 11.7. The van der Waals surface area contributed by atoms with Gasteiger partial charge in [0.1, 0.15) is 0 Å². The van der Waals surface area contributed by atoms with E-state index in [1.165, 1.54) is 0 Å². The minimum absolute atomic E-state index is 0.0568. The normalized spacial score (nSPS) is 17.9. The van der Waals surface area contributed by atoms with Crippen LogP contribution in [-0.4, -0.2) is 75.3 Å². The van der Waals surface area contributed by atoms with Gasteiger partial charge in [-0.15, -0.1) is 0 Å². The Bertz CT molecular complexity index is 392. The molecule has 0 aromatic heterocycles. The lowest BCUT2D eigenvalue weighted by Crippen LogP contribution is -2.52. The van der Waals surface area contributed by atoms with Gasteiger partial charge in [0.05, 0.1) is 13.2 Å². The molecule has 140 valence electrons. The predicted molar refractivity (Wildman–Crippen MR) is 98.3 cm³/mol. The summed E-state index contributed by atoms with van der Waals surface area (Å²) in [5.41, 5.74) is 0. The summed E-state index contributed by atoms with van der Waals surface area (Å²) in [6.07, 6.45) is 0.440. The Morgan fingerprint density at radius 2 is 1.83 bits per heavy atom. The number of carbonyl (C=O) groups excluding carboxylic acids is 1. The Labute approximate surface area is 146 Å². The van der Waals surface area contributed by atoms with E-state index in [1.807, 2.05) is 13.8 Å². The van der Waals surface area contributed by atoms with Gasteiger partial charge in [0, 0.05) is 51.7 Å². The molecule has 1 atom stereocenters. The molecule has 1 aliphatic rings. The molecule has 24 heavy (non-hydrogen) atoms. The molecule has 1 rings (SSSR count). The second kappa shape index (κ2) is 11.3. The molecule has 1 unspecified atom stereocenters. The average molecular weight is 342 g/mol. The first kappa shape index (κ1) is 20.7. The van der Waals surface area contributed by atoms with Crippen LogP contribution in [0.25, 0.3) is 0 Å². The van der Waals surface area contributed by atoms with E-state index in [9.17, 15) is 4.79 Å². The van der Waals surface area contributed by atoms with Crippen molar-refractivity contribution in [1.29, 1.82) is 0 Å². The number of carbonyl (C=O) groups is 1. The van der Waals surface area contributed by atoms with E-state index >= 15 is 0 Å². The summed E-state index contributed by atoms with van der Waals surface area (Å²) in [7, 11) is 1.75. The zero-order valence-corrected chi connectivity index (χ0v) is 15.9. The minimum Gasteiger partial charge on any atom is -0.379 e. The van der Waals surface area contributed by atoms with E-state index in [0.717, 1.165) is 38.8 Å². The molecular weight excluding hydrogens is 306 g/mol. The van der Waals surface area contributed by atoms with E-state index in [0.29, 0.717) is 24.9 Å². The lowest BCUT2D eigenvalue weighted by molar-refractivity contribution is -0.121. The number of guanidine groups is 1. The third kappa shape index (κ3) is 7.97. The largest absolute Gasteiger partial charge is 0.379 e. The van der Waals surface area contributed by atoms with Crippen molar-refractivity contribution in [2.45, 2.75) is 46.2 Å². The molecule has 1 fully saturated rings. The Morgan fingerprint density at radius 1 is 1.17 bits per heavy atom. The van der Waals surface area contributed by atoms with Crippen molar-refractivity contribution < 1.29 is 9.53 Å². The highest BCUT2D eigenvalue weighted by molar-refractivity contribution is 5.81. The van der Waals surface area contributed by atoms with Crippen LogP contribution in [0.15, 0.2) is 4.99 Å². The van der Waals surface area contributed by atoms with Crippen molar-refractivity contribution in [3.05, 3.63) is 0 Å². The lowest BCUT2D eigenvalue weighted by atomic mass is 10.0. The summed E-state index contributed by atoms with van der Waals surface area (Å²) >= 11 is 0. The van der Waals surface area contributed by atoms with Gasteiger partial charge in [0.15, 0.2) is 5.96 Å². The van der Waals surface area contributed by atoms with Crippen LogP contribution in [0.5, 0.6) is 0 Å². The van der Waals surface area contributed by atoms with Crippen LogP contribution in [0.2, 0.25) is 0 Å². The monoisotopic (exact) mass is 341 g/mol. The number of aliphatic imine (C=N–C) groups is 1. The first-order valence-corrected chi connectivity index (χ1v) is 8.99. The van der Waals surface area contributed by atoms with Crippen molar-refractivity contribution >= 4 is 11.9 Å². The van der Waals surface area contributed by atoms with Gasteiger partial charge >= 0.3 is 0 Å². The molecule has 0 aliphatic carbocycles. The van der Waals surface area contributed by atoms with Crippen molar-refractivity contribution in [3.8, 4) is 0 Å². The lowest BCUT2D eigenvalue weighted by Gasteiger charge is -2.37. The highest BCUT2D eigenvalue weighted by Crippen LogP contribution is 2.12. The fourth-order valence-corrected chi connectivity index (χ4v) is 2.81. The van der Waals surface area contributed by atoms with Crippen molar-refractivity contribution in [3.63, 3.8) is 0 Å². The van der Waals surface area contributed by atoms with E-state index in [-0.39, 0.29) is 11.9 Å². The minimum atomic E-state index is 0.0568. The van der Waals surface area contributed by atoms with Gasteiger partial charge in [0.25, 0.3) is 0 Å². The molecule has 1 aliphatic heterocycles. The number of hydrogen-bond acceptors (Lipinski definition) is 4. The van der Waals surface area contributed by atoms with Gasteiger partial charge in [-0.25, -0.2) is 0 Å². The van der Waals surface area contributed by atoms with Gasteiger partial charge in [0.2, 0.25) is 5.91 Å². The number of morpholine rings is 1. The van der Waals surface area contributed by atoms with Crippen LogP contribution in [0, 0.1) is 5.92 Å². The standard InChI is InChI=1S/C17H35N5O2/c1-13(2)15(22-8-10-24-11-9-22)12-20-17(18-5)19-7-6-16(23)21-14(3)4/h13-15H,6-12H2,1-5H3,(H,21,23)(H2,18,19,20). The molecule has 0 bridgehead atoms. The number of rotatable bonds is 8. The van der Waals surface area contributed by atoms with Gasteiger partial charge in [-0.2, -0.15) is 0 Å². The topological polar surface area (TPSA) is 78.0 Å². The molecular formula is C17H35N5O2. The number of ether oxygens (including phenoxy) is 1. The Hall–Kier alpha value is -1.34. The van der Waals surface area contributed by atoms with E-state index in [4.69, 9.17) is 4.74 Å². The fraction of sp³-hybridized carbons (Fsp3) is 0.882. The van der Waals surface area contributed by atoms with Crippen LogP contribution < -0.4 is 16.0 Å². The molecule has 7 nitrogen and oxygen atoms in total. The smallest absolute Gasteiger partial charge is 0.221 e. The first-order chi connectivity index (χ1) is 11.4. The molecule has 1 amide bonds. The van der Waals surface area contributed by atoms with Gasteiger partial charge in [-0.1, -0.05) is 13.8 Å². The summed E-state index contributed by atoms with van der Waals surface area (Å²) < 4.78 is 5.44. The zero-order chi connectivity index (χ0) is 17.9. The number of hydrogen-bond donors (Lipinski definition) is 3. The summed E-state index contributed by atoms with van der Waals surface area (Å²) in [6.45, 7) is 13.4. The van der Waals surface area contributed by atoms with Crippen LogP contribution in [0.1, 0.15) is 34.1 Å². The number of amides is 1. The van der Waals surface area contributed by atoms with Gasteiger partial charge in [-0.05, 0) is 19.8 Å². The Balaban J connectivity index is 2.36. The quantitative estimate of drug-likeness (QED) is 0.441.